The van der Waals surface area contributed by atoms with Crippen LogP contribution in [0.3, 0.4) is 0 Å². The third-order valence-corrected chi connectivity index (χ3v) is 2.78. The first-order valence-corrected chi connectivity index (χ1v) is 5.86. The van der Waals surface area contributed by atoms with Gasteiger partial charge in [0.2, 0.25) is 0 Å². The van der Waals surface area contributed by atoms with Gasteiger partial charge in [0.1, 0.15) is 5.69 Å². The summed E-state index contributed by atoms with van der Waals surface area (Å²) in [5.74, 6) is -0.0425. The van der Waals surface area contributed by atoms with Gasteiger partial charge in [-0.25, -0.2) is 0 Å². The van der Waals surface area contributed by atoms with Crippen molar-refractivity contribution in [3.8, 4) is 0 Å². The van der Waals surface area contributed by atoms with Crippen LogP contribution in [0.5, 0.6) is 0 Å². The van der Waals surface area contributed by atoms with Crippen LogP contribution in [0.1, 0.15) is 16.3 Å². The van der Waals surface area contributed by atoms with E-state index in [2.05, 4.69) is 30.9 Å². The van der Waals surface area contributed by atoms with Crippen molar-refractivity contribution in [1.29, 1.82) is 0 Å². The van der Waals surface area contributed by atoms with E-state index >= 15 is 0 Å². The summed E-state index contributed by atoms with van der Waals surface area (Å²) in [6.45, 7) is 0.129. The van der Waals surface area contributed by atoms with Crippen molar-refractivity contribution in [2.24, 2.45) is 0 Å². The number of para-hydroxylation sites is 1. The molecular formula is C12H10N6O2. The fourth-order valence-corrected chi connectivity index (χ4v) is 1.83. The molecule has 1 amide bonds. The Balaban J connectivity index is 1.86. The first-order chi connectivity index (χ1) is 9.74. The number of nitrogens with one attached hydrogen (secondary N) is 3. The average molecular weight is 270 g/mol. The number of carbonyl (C=O) groups excluding carboxylic acids is 1. The molecule has 0 aliphatic heterocycles. The maximum Gasteiger partial charge on any atom is 0.268 e. The molecule has 2 heterocycles. The van der Waals surface area contributed by atoms with Gasteiger partial charge in [0.05, 0.1) is 6.54 Å². The summed E-state index contributed by atoms with van der Waals surface area (Å²) in [5.41, 5.74) is 0.603. The number of aromatic nitrogens is 5. The standard InChI is InChI=1S/C12H10N6O2/c19-10-5-9(14-8-4-2-1-3-7(8)10)12(20)13-6-11-15-17-18-16-11/h1-5H,6H2,(H,13,20)(H,14,19)(H,15,16,17,18). The molecule has 8 nitrogen and oxygen atoms in total. The molecule has 0 fully saturated rings. The summed E-state index contributed by atoms with van der Waals surface area (Å²) in [5, 5.41) is 16.2. The minimum absolute atomic E-state index is 0.129. The van der Waals surface area contributed by atoms with Gasteiger partial charge in [0, 0.05) is 17.0 Å². The number of fused-ring (bicyclic) bond motifs is 1. The van der Waals surface area contributed by atoms with Crippen molar-refractivity contribution in [1.82, 2.24) is 30.9 Å². The van der Waals surface area contributed by atoms with Crippen molar-refractivity contribution in [2.75, 3.05) is 0 Å². The van der Waals surface area contributed by atoms with Gasteiger partial charge in [0.15, 0.2) is 11.3 Å². The molecule has 0 aliphatic rings. The molecule has 1 aromatic carbocycles. The van der Waals surface area contributed by atoms with Crippen molar-refractivity contribution in [2.45, 2.75) is 6.54 Å². The minimum Gasteiger partial charge on any atom is -0.350 e. The van der Waals surface area contributed by atoms with E-state index < -0.39 is 5.91 Å². The zero-order chi connectivity index (χ0) is 13.9. The van der Waals surface area contributed by atoms with Gasteiger partial charge in [-0.05, 0) is 12.1 Å². The van der Waals surface area contributed by atoms with Gasteiger partial charge in [-0.2, -0.15) is 5.21 Å². The molecule has 0 spiro atoms. The van der Waals surface area contributed by atoms with Crippen molar-refractivity contribution < 1.29 is 4.79 Å². The van der Waals surface area contributed by atoms with Crippen LogP contribution < -0.4 is 10.7 Å². The molecule has 3 N–H and O–H groups in total. The predicted octanol–water partition coefficient (Wildman–Crippen LogP) is -0.0288. The molecule has 0 saturated carbocycles. The van der Waals surface area contributed by atoms with E-state index in [1.165, 1.54) is 6.07 Å². The Hall–Kier alpha value is -3.03. The Morgan fingerprint density at radius 1 is 1.30 bits per heavy atom. The van der Waals surface area contributed by atoms with Crippen LogP contribution in [0.25, 0.3) is 10.9 Å². The van der Waals surface area contributed by atoms with E-state index in [0.29, 0.717) is 16.7 Å². The molecule has 8 heteroatoms. The number of nitrogens with zero attached hydrogens (tertiary/aromatic N) is 3. The molecule has 3 rings (SSSR count). The molecule has 20 heavy (non-hydrogen) atoms. The highest BCUT2D eigenvalue weighted by Crippen LogP contribution is 2.07. The van der Waals surface area contributed by atoms with E-state index in [4.69, 9.17) is 0 Å². The smallest absolute Gasteiger partial charge is 0.268 e. The number of hydrogen-bond donors (Lipinski definition) is 3. The second-order valence-electron chi connectivity index (χ2n) is 4.10. The van der Waals surface area contributed by atoms with Crippen molar-refractivity contribution in [3.63, 3.8) is 0 Å². The van der Waals surface area contributed by atoms with E-state index in [9.17, 15) is 9.59 Å². The van der Waals surface area contributed by atoms with Crippen LogP contribution >= 0.6 is 0 Å². The number of carbonyl (C=O) groups is 1. The maximum absolute atomic E-state index is 12.0. The summed E-state index contributed by atoms with van der Waals surface area (Å²) >= 11 is 0. The molecule has 3 aromatic rings. The first-order valence-electron chi connectivity index (χ1n) is 5.86. The molecule has 0 unspecified atom stereocenters. The maximum atomic E-state index is 12.0. The zero-order valence-electron chi connectivity index (χ0n) is 10.3. The quantitative estimate of drug-likeness (QED) is 0.618. The van der Waals surface area contributed by atoms with Gasteiger partial charge >= 0.3 is 0 Å². The van der Waals surface area contributed by atoms with Crippen LogP contribution in [-0.4, -0.2) is 31.5 Å². The van der Waals surface area contributed by atoms with Gasteiger partial charge in [-0.3, -0.25) is 9.59 Å². The number of tetrazole rings is 1. The van der Waals surface area contributed by atoms with Crippen LogP contribution in [0, 0.1) is 0 Å². The van der Waals surface area contributed by atoms with Crippen molar-refractivity contribution in [3.05, 3.63) is 52.1 Å². The topological polar surface area (TPSA) is 116 Å². The Labute approximate surface area is 112 Å². The fraction of sp³-hybridized carbons (Fsp3) is 0.0833. The Morgan fingerprint density at radius 3 is 2.95 bits per heavy atom. The van der Waals surface area contributed by atoms with Gasteiger partial charge in [0.25, 0.3) is 5.91 Å². The number of aromatic amines is 2. The van der Waals surface area contributed by atoms with Crippen LogP contribution in [0.2, 0.25) is 0 Å². The highest BCUT2D eigenvalue weighted by Gasteiger charge is 2.10. The monoisotopic (exact) mass is 270 g/mol. The fourth-order valence-electron chi connectivity index (χ4n) is 1.83. The summed E-state index contributed by atoms with van der Waals surface area (Å²) in [6, 6.07) is 8.28. The molecule has 0 aliphatic carbocycles. The van der Waals surface area contributed by atoms with Crippen LogP contribution in [0.15, 0.2) is 35.1 Å². The highest BCUT2D eigenvalue weighted by atomic mass is 16.2. The molecule has 0 atom stereocenters. The zero-order valence-corrected chi connectivity index (χ0v) is 10.3. The normalized spacial score (nSPS) is 10.6. The molecule has 0 radical (unpaired) electrons. The Kier molecular flexibility index (Phi) is 2.96. The lowest BCUT2D eigenvalue weighted by atomic mass is 10.2. The Morgan fingerprint density at radius 2 is 2.15 bits per heavy atom. The number of H-pyrrole nitrogens is 2. The third-order valence-electron chi connectivity index (χ3n) is 2.78. The number of hydrogen-bond acceptors (Lipinski definition) is 5. The van der Waals surface area contributed by atoms with Gasteiger partial charge in [-0.1, -0.05) is 17.3 Å². The SMILES string of the molecule is O=C(NCc1nn[nH]n1)c1cc(=O)c2ccccc2[nH]1. The van der Waals surface area contributed by atoms with E-state index in [1.807, 2.05) is 0 Å². The predicted molar refractivity (Wildman–Crippen MR) is 69.9 cm³/mol. The number of amides is 1. The average Bonchev–Trinajstić information content (AvgIpc) is 2.98. The first kappa shape index (κ1) is 12.0. The van der Waals surface area contributed by atoms with E-state index in [-0.39, 0.29) is 17.7 Å². The minimum atomic E-state index is -0.405. The third kappa shape index (κ3) is 2.26. The summed E-state index contributed by atoms with van der Waals surface area (Å²) in [6.07, 6.45) is 0. The second-order valence-corrected chi connectivity index (χ2v) is 4.10. The number of rotatable bonds is 3. The largest absolute Gasteiger partial charge is 0.350 e. The lowest BCUT2D eigenvalue weighted by molar-refractivity contribution is 0.0945. The molecule has 2 aromatic heterocycles. The second kappa shape index (κ2) is 4.92. The van der Waals surface area contributed by atoms with Crippen molar-refractivity contribution >= 4 is 16.8 Å². The molecule has 100 valence electrons. The number of pyridine rings is 1. The molecule has 0 bridgehead atoms. The Bertz CT molecular complexity index is 808. The summed E-state index contributed by atoms with van der Waals surface area (Å²) < 4.78 is 0. The van der Waals surface area contributed by atoms with Crippen LogP contribution in [-0.2, 0) is 6.54 Å². The van der Waals surface area contributed by atoms with E-state index in [0.717, 1.165) is 0 Å². The lowest BCUT2D eigenvalue weighted by Crippen LogP contribution is -2.25. The van der Waals surface area contributed by atoms with Gasteiger partial charge in [-0.15, -0.1) is 10.2 Å². The number of benzene rings is 1. The van der Waals surface area contributed by atoms with Gasteiger partial charge < -0.3 is 10.3 Å². The van der Waals surface area contributed by atoms with E-state index in [1.54, 1.807) is 24.3 Å². The summed E-state index contributed by atoms with van der Waals surface area (Å²) in [4.78, 5) is 26.8. The summed E-state index contributed by atoms with van der Waals surface area (Å²) in [7, 11) is 0. The highest BCUT2D eigenvalue weighted by molar-refractivity contribution is 5.94. The van der Waals surface area contributed by atoms with Crippen LogP contribution in [0.4, 0.5) is 0 Å². The lowest BCUT2D eigenvalue weighted by Gasteiger charge is -2.04. The molecule has 0 saturated heterocycles. The molecular weight excluding hydrogens is 260 g/mol.